The van der Waals surface area contributed by atoms with Gasteiger partial charge in [0.25, 0.3) is 10.0 Å². The molecule has 9 heteroatoms. The second-order valence-electron chi connectivity index (χ2n) is 8.67. The van der Waals surface area contributed by atoms with Crippen LogP contribution in [0.3, 0.4) is 0 Å². The van der Waals surface area contributed by atoms with Crippen LogP contribution in [0.1, 0.15) is 11.1 Å². The van der Waals surface area contributed by atoms with Gasteiger partial charge in [0.05, 0.1) is 24.2 Å². The Hall–Kier alpha value is -4.21. The minimum absolute atomic E-state index is 0.109. The van der Waals surface area contributed by atoms with E-state index in [4.69, 9.17) is 9.57 Å². The number of hydrogen-bond donors (Lipinski definition) is 1. The molecular formula is C29H25FN2O5S. The first-order chi connectivity index (χ1) is 18.4. The number of halogens is 1. The molecule has 1 N–H and O–H groups in total. The third-order valence-corrected chi connectivity index (χ3v) is 8.02. The summed E-state index contributed by atoms with van der Waals surface area (Å²) in [6.07, 6.45) is -1.22. The largest absolute Gasteiger partial charge is 0.497 e. The quantitative estimate of drug-likeness (QED) is 0.275. The highest BCUT2D eigenvalue weighted by Gasteiger charge is 2.28. The molecule has 0 amide bonds. The number of anilines is 1. The summed E-state index contributed by atoms with van der Waals surface area (Å²) in [4.78, 5) is 5.44. The topological polar surface area (TPSA) is 88.4 Å². The number of rotatable bonds is 9. The van der Waals surface area contributed by atoms with E-state index in [0.717, 1.165) is 38.7 Å². The van der Waals surface area contributed by atoms with Crippen LogP contribution in [0.2, 0.25) is 0 Å². The third-order valence-electron chi connectivity index (χ3n) is 6.22. The lowest BCUT2D eigenvalue weighted by atomic mass is 10.1. The molecule has 4 aromatic carbocycles. The number of aliphatic hydroxyl groups is 1. The highest BCUT2D eigenvalue weighted by molar-refractivity contribution is 7.92. The van der Waals surface area contributed by atoms with Gasteiger partial charge in [-0.15, -0.1) is 0 Å². The number of ether oxygens (including phenoxy) is 1. The second-order valence-corrected chi connectivity index (χ2v) is 10.5. The molecule has 0 radical (unpaired) electrons. The molecule has 0 bridgehead atoms. The number of fused-ring (bicyclic) bond motifs is 3. The Morgan fingerprint density at radius 3 is 1.95 bits per heavy atom. The van der Waals surface area contributed by atoms with E-state index >= 15 is 0 Å². The Labute approximate surface area is 220 Å². The van der Waals surface area contributed by atoms with Crippen LogP contribution in [0.15, 0.2) is 107 Å². The fourth-order valence-electron chi connectivity index (χ4n) is 4.35. The predicted molar refractivity (Wildman–Crippen MR) is 143 cm³/mol. The van der Waals surface area contributed by atoms with Crippen LogP contribution in [0.25, 0.3) is 11.1 Å². The Balaban J connectivity index is 1.38. The molecule has 0 saturated carbocycles. The molecule has 0 spiro atoms. The minimum Gasteiger partial charge on any atom is -0.497 e. The van der Waals surface area contributed by atoms with Crippen molar-refractivity contribution in [1.29, 1.82) is 0 Å². The van der Waals surface area contributed by atoms with Gasteiger partial charge in [0.15, 0.2) is 0 Å². The van der Waals surface area contributed by atoms with Gasteiger partial charge >= 0.3 is 0 Å². The normalized spacial score (nSPS) is 12.9. The fourth-order valence-corrected chi connectivity index (χ4v) is 5.85. The lowest BCUT2D eigenvalue weighted by molar-refractivity contribution is 0.0456. The van der Waals surface area contributed by atoms with Crippen LogP contribution in [-0.2, 0) is 14.9 Å². The second kappa shape index (κ2) is 10.6. The third kappa shape index (κ3) is 4.98. The van der Waals surface area contributed by atoms with E-state index in [9.17, 15) is 17.9 Å². The van der Waals surface area contributed by atoms with Crippen LogP contribution < -0.4 is 9.04 Å². The summed E-state index contributed by atoms with van der Waals surface area (Å²) in [5, 5.41) is 15.1. The molecule has 7 nitrogen and oxygen atoms in total. The molecule has 0 heterocycles. The Morgan fingerprint density at radius 2 is 1.39 bits per heavy atom. The van der Waals surface area contributed by atoms with Gasteiger partial charge in [-0.3, -0.25) is 4.31 Å². The van der Waals surface area contributed by atoms with E-state index in [1.54, 1.807) is 24.3 Å². The molecule has 0 saturated heterocycles. The minimum atomic E-state index is -4.13. The standard InChI is InChI=1S/C29H25FN2O5S/c1-36-23-14-12-21(13-15-23)32(38(34,35)24-16-10-20(30)11-17-24)18-22(33)19-37-31-29-27-8-4-2-6-25(27)26-7-3-5-9-28(26)29/h2-17,22,33H,18-19H2,1H3. The molecule has 0 fully saturated rings. The summed E-state index contributed by atoms with van der Waals surface area (Å²) in [5.41, 5.74) is 4.88. The molecule has 0 aromatic heterocycles. The van der Waals surface area contributed by atoms with Crippen LogP contribution in [0.4, 0.5) is 10.1 Å². The molecule has 5 rings (SSSR count). The predicted octanol–water partition coefficient (Wildman–Crippen LogP) is 4.84. The zero-order valence-corrected chi connectivity index (χ0v) is 21.3. The Kier molecular flexibility index (Phi) is 7.13. The van der Waals surface area contributed by atoms with Gasteiger partial charge in [-0.2, -0.15) is 0 Å². The number of oxime groups is 1. The molecule has 1 atom stereocenters. The smallest absolute Gasteiger partial charge is 0.264 e. The maximum absolute atomic E-state index is 13.5. The fraction of sp³-hybridized carbons (Fsp3) is 0.138. The van der Waals surface area contributed by atoms with E-state index in [1.807, 2.05) is 48.5 Å². The number of benzene rings is 4. The summed E-state index contributed by atoms with van der Waals surface area (Å²) >= 11 is 0. The van der Waals surface area contributed by atoms with Crippen molar-refractivity contribution in [1.82, 2.24) is 0 Å². The summed E-state index contributed by atoms with van der Waals surface area (Å²) in [6.45, 7) is -0.566. The maximum atomic E-state index is 13.5. The number of sulfonamides is 1. The van der Waals surface area contributed by atoms with Crippen molar-refractivity contribution in [3.05, 3.63) is 114 Å². The van der Waals surface area contributed by atoms with Crippen LogP contribution in [0, 0.1) is 5.82 Å². The van der Waals surface area contributed by atoms with Crippen molar-refractivity contribution in [3.63, 3.8) is 0 Å². The highest BCUT2D eigenvalue weighted by Crippen LogP contribution is 2.36. The van der Waals surface area contributed by atoms with Crippen molar-refractivity contribution in [2.24, 2.45) is 5.16 Å². The number of methoxy groups -OCH3 is 1. The van der Waals surface area contributed by atoms with E-state index in [2.05, 4.69) is 5.16 Å². The number of nitrogens with zero attached hydrogens (tertiary/aromatic N) is 2. The molecule has 1 unspecified atom stereocenters. The molecule has 38 heavy (non-hydrogen) atoms. The van der Waals surface area contributed by atoms with Crippen molar-refractivity contribution >= 4 is 21.4 Å². The van der Waals surface area contributed by atoms with Gasteiger partial charge in [-0.1, -0.05) is 53.7 Å². The summed E-state index contributed by atoms with van der Waals surface area (Å²) in [7, 11) is -2.63. The van der Waals surface area contributed by atoms with Gasteiger partial charge in [-0.25, -0.2) is 12.8 Å². The van der Waals surface area contributed by atoms with Crippen molar-refractivity contribution < 1.29 is 27.5 Å². The molecule has 194 valence electrons. The summed E-state index contributed by atoms with van der Waals surface area (Å²) in [6, 6.07) is 26.6. The first-order valence-corrected chi connectivity index (χ1v) is 13.3. The van der Waals surface area contributed by atoms with Gasteiger partial charge in [-0.05, 0) is 59.7 Å². The van der Waals surface area contributed by atoms with Gasteiger partial charge in [0.1, 0.15) is 30.0 Å². The van der Waals surface area contributed by atoms with E-state index in [0.29, 0.717) is 17.1 Å². The molecule has 1 aliphatic carbocycles. The summed E-state index contributed by atoms with van der Waals surface area (Å²) in [5.74, 6) is -0.00716. The van der Waals surface area contributed by atoms with Gasteiger partial charge in [0, 0.05) is 11.1 Å². The van der Waals surface area contributed by atoms with Crippen LogP contribution in [0.5, 0.6) is 5.75 Å². The Bertz CT molecular complexity index is 1520. The van der Waals surface area contributed by atoms with E-state index in [1.165, 1.54) is 19.2 Å². The monoisotopic (exact) mass is 532 g/mol. The van der Waals surface area contributed by atoms with Crippen LogP contribution >= 0.6 is 0 Å². The molecule has 0 aliphatic heterocycles. The zero-order chi connectivity index (χ0) is 26.7. The van der Waals surface area contributed by atoms with Crippen LogP contribution in [-0.4, -0.2) is 45.6 Å². The molecule has 1 aliphatic rings. The number of hydrogen-bond acceptors (Lipinski definition) is 6. The lowest BCUT2D eigenvalue weighted by Gasteiger charge is -2.26. The average Bonchev–Trinajstić information content (AvgIpc) is 3.26. The van der Waals surface area contributed by atoms with Crippen molar-refractivity contribution in [3.8, 4) is 16.9 Å². The average molecular weight is 533 g/mol. The number of aliphatic hydroxyl groups excluding tert-OH is 1. The maximum Gasteiger partial charge on any atom is 0.264 e. The highest BCUT2D eigenvalue weighted by atomic mass is 32.2. The zero-order valence-electron chi connectivity index (χ0n) is 20.5. The SMILES string of the molecule is COc1ccc(N(CC(O)CON=C2c3ccccc3-c3ccccc32)S(=O)(=O)c2ccc(F)cc2)cc1. The Morgan fingerprint density at radius 1 is 0.842 bits per heavy atom. The molecule has 4 aromatic rings. The first-order valence-electron chi connectivity index (χ1n) is 11.9. The summed E-state index contributed by atoms with van der Waals surface area (Å²) < 4.78 is 46.7. The van der Waals surface area contributed by atoms with E-state index in [-0.39, 0.29) is 18.0 Å². The van der Waals surface area contributed by atoms with Crippen molar-refractivity contribution in [2.75, 3.05) is 24.6 Å². The van der Waals surface area contributed by atoms with Crippen molar-refractivity contribution in [2.45, 2.75) is 11.0 Å². The van der Waals surface area contributed by atoms with Gasteiger partial charge < -0.3 is 14.7 Å². The van der Waals surface area contributed by atoms with Gasteiger partial charge in [0.2, 0.25) is 0 Å². The lowest BCUT2D eigenvalue weighted by Crippen LogP contribution is -2.39. The van der Waals surface area contributed by atoms with E-state index < -0.39 is 21.9 Å². The first kappa shape index (κ1) is 25.4. The molecular weight excluding hydrogens is 507 g/mol.